The Morgan fingerprint density at radius 2 is 1.59 bits per heavy atom. The third kappa shape index (κ3) is 6.07. The fourth-order valence-corrected chi connectivity index (χ4v) is 3.76. The number of benzene rings is 3. The third-order valence-corrected chi connectivity index (χ3v) is 5.59. The SMILES string of the molecule is COC(=O)[C@H](Cc1cccc2ccccc12)NC(=O)[C@H](Nc1ccc(C(F)(F)F)cc1)C(C)C. The lowest BCUT2D eigenvalue weighted by Gasteiger charge is -2.26. The van der Waals surface area contributed by atoms with Crippen LogP contribution in [0.4, 0.5) is 18.9 Å². The molecule has 0 saturated carbocycles. The molecule has 5 nitrogen and oxygen atoms in total. The van der Waals surface area contributed by atoms with Crippen LogP contribution in [0, 0.1) is 5.92 Å². The fourth-order valence-electron chi connectivity index (χ4n) is 3.76. The molecular weight excluding hydrogens is 445 g/mol. The Balaban J connectivity index is 1.79. The summed E-state index contributed by atoms with van der Waals surface area (Å²) in [5, 5.41) is 7.73. The van der Waals surface area contributed by atoms with Gasteiger partial charge in [-0.1, -0.05) is 56.3 Å². The normalized spacial score (nSPS) is 13.4. The zero-order valence-corrected chi connectivity index (χ0v) is 19.1. The van der Waals surface area contributed by atoms with Crippen molar-refractivity contribution >= 4 is 28.3 Å². The number of carbonyl (C=O) groups is 2. The van der Waals surface area contributed by atoms with Crippen molar-refractivity contribution in [2.75, 3.05) is 12.4 Å². The number of carbonyl (C=O) groups excluding carboxylic acids is 2. The zero-order chi connectivity index (χ0) is 24.9. The smallest absolute Gasteiger partial charge is 0.416 e. The van der Waals surface area contributed by atoms with Crippen LogP contribution in [-0.4, -0.2) is 31.1 Å². The highest BCUT2D eigenvalue weighted by Crippen LogP contribution is 2.30. The van der Waals surface area contributed by atoms with E-state index in [1.807, 2.05) is 42.5 Å². The number of hydrogen-bond acceptors (Lipinski definition) is 4. The van der Waals surface area contributed by atoms with E-state index < -0.39 is 35.7 Å². The standard InChI is InChI=1S/C26H27F3N2O3/c1-16(2)23(30-20-13-11-19(12-14-20)26(27,28)29)24(32)31-22(25(33)34-3)15-18-9-6-8-17-7-4-5-10-21(17)18/h4-14,16,22-23,30H,15H2,1-3H3,(H,31,32)/t22-,23+/m0/s1. The Bertz CT molecular complexity index is 1140. The van der Waals surface area contributed by atoms with Gasteiger partial charge in [-0.15, -0.1) is 0 Å². The molecule has 0 unspecified atom stereocenters. The van der Waals surface area contributed by atoms with Crippen molar-refractivity contribution in [1.29, 1.82) is 0 Å². The first-order chi connectivity index (χ1) is 16.1. The van der Waals surface area contributed by atoms with Crippen molar-refractivity contribution in [3.8, 4) is 0 Å². The van der Waals surface area contributed by atoms with E-state index in [0.29, 0.717) is 5.69 Å². The fraction of sp³-hybridized carbons (Fsp3) is 0.308. The molecule has 180 valence electrons. The van der Waals surface area contributed by atoms with Gasteiger partial charge < -0.3 is 15.4 Å². The second kappa shape index (κ2) is 10.6. The first kappa shape index (κ1) is 25.1. The number of esters is 1. The van der Waals surface area contributed by atoms with Crippen molar-refractivity contribution in [3.05, 3.63) is 77.9 Å². The van der Waals surface area contributed by atoms with Gasteiger partial charge in [0.1, 0.15) is 12.1 Å². The van der Waals surface area contributed by atoms with Crippen LogP contribution in [0.15, 0.2) is 66.7 Å². The van der Waals surface area contributed by atoms with E-state index in [2.05, 4.69) is 10.6 Å². The van der Waals surface area contributed by atoms with E-state index in [0.717, 1.165) is 28.5 Å². The van der Waals surface area contributed by atoms with Crippen molar-refractivity contribution in [2.45, 2.75) is 38.5 Å². The summed E-state index contributed by atoms with van der Waals surface area (Å²) in [7, 11) is 1.25. The molecule has 0 saturated heterocycles. The molecule has 0 heterocycles. The van der Waals surface area contributed by atoms with E-state index >= 15 is 0 Å². The van der Waals surface area contributed by atoms with Crippen LogP contribution >= 0.6 is 0 Å². The highest BCUT2D eigenvalue weighted by atomic mass is 19.4. The largest absolute Gasteiger partial charge is 0.467 e. The number of hydrogen-bond donors (Lipinski definition) is 2. The number of rotatable bonds is 8. The lowest BCUT2D eigenvalue weighted by molar-refractivity contribution is -0.145. The molecule has 2 atom stereocenters. The number of amides is 1. The molecule has 0 aliphatic heterocycles. The topological polar surface area (TPSA) is 67.4 Å². The molecule has 3 aromatic rings. The Morgan fingerprint density at radius 1 is 0.941 bits per heavy atom. The molecule has 3 rings (SSSR count). The number of methoxy groups -OCH3 is 1. The molecule has 3 aromatic carbocycles. The maximum Gasteiger partial charge on any atom is 0.416 e. The Kier molecular flexibility index (Phi) is 7.81. The minimum atomic E-state index is -4.44. The van der Waals surface area contributed by atoms with Crippen molar-refractivity contribution in [2.24, 2.45) is 5.92 Å². The monoisotopic (exact) mass is 472 g/mol. The maximum atomic E-state index is 13.1. The summed E-state index contributed by atoms with van der Waals surface area (Å²) in [6, 6.07) is 16.2. The molecule has 0 aliphatic carbocycles. The predicted octanol–water partition coefficient (Wildman–Crippen LogP) is 5.20. The molecule has 0 aliphatic rings. The summed E-state index contributed by atoms with van der Waals surface area (Å²) >= 11 is 0. The van der Waals surface area contributed by atoms with Gasteiger partial charge in [-0.2, -0.15) is 13.2 Å². The quantitative estimate of drug-likeness (QED) is 0.443. The zero-order valence-electron chi connectivity index (χ0n) is 19.1. The Hall–Kier alpha value is -3.55. The summed E-state index contributed by atoms with van der Waals surface area (Å²) in [5.41, 5.74) is 0.473. The number of alkyl halides is 3. The van der Waals surface area contributed by atoms with Gasteiger partial charge in [-0.3, -0.25) is 4.79 Å². The highest BCUT2D eigenvalue weighted by Gasteiger charge is 2.31. The van der Waals surface area contributed by atoms with Gasteiger partial charge in [-0.05, 0) is 46.5 Å². The Morgan fingerprint density at radius 3 is 2.21 bits per heavy atom. The summed E-state index contributed by atoms with van der Waals surface area (Å²) < 4.78 is 43.4. The van der Waals surface area contributed by atoms with E-state index in [1.54, 1.807) is 13.8 Å². The molecule has 0 aromatic heterocycles. The van der Waals surface area contributed by atoms with Gasteiger partial charge in [0, 0.05) is 12.1 Å². The summed E-state index contributed by atoms with van der Waals surface area (Å²) in [6.45, 7) is 3.61. The molecule has 0 bridgehead atoms. The molecule has 2 N–H and O–H groups in total. The van der Waals surface area contributed by atoms with Crippen LogP contribution in [0.5, 0.6) is 0 Å². The van der Waals surface area contributed by atoms with Crippen LogP contribution in [0.1, 0.15) is 25.0 Å². The lowest BCUT2D eigenvalue weighted by Crippen LogP contribution is -2.50. The minimum absolute atomic E-state index is 0.210. The van der Waals surface area contributed by atoms with E-state index in [-0.39, 0.29) is 12.3 Å². The first-order valence-electron chi connectivity index (χ1n) is 10.9. The summed E-state index contributed by atoms with van der Waals surface area (Å²) in [4.78, 5) is 25.6. The van der Waals surface area contributed by atoms with Crippen LogP contribution in [-0.2, 0) is 26.9 Å². The van der Waals surface area contributed by atoms with Crippen LogP contribution < -0.4 is 10.6 Å². The van der Waals surface area contributed by atoms with Gasteiger partial charge in [0.2, 0.25) is 5.91 Å². The molecule has 0 spiro atoms. The second-order valence-electron chi connectivity index (χ2n) is 8.37. The molecular formula is C26H27F3N2O3. The molecule has 0 radical (unpaired) electrons. The van der Waals surface area contributed by atoms with Gasteiger partial charge in [0.05, 0.1) is 12.7 Å². The van der Waals surface area contributed by atoms with Gasteiger partial charge in [0.25, 0.3) is 0 Å². The molecule has 1 amide bonds. The van der Waals surface area contributed by atoms with E-state index in [4.69, 9.17) is 4.74 Å². The number of ether oxygens (including phenoxy) is 1. The highest BCUT2D eigenvalue weighted by molar-refractivity contribution is 5.91. The third-order valence-electron chi connectivity index (χ3n) is 5.59. The van der Waals surface area contributed by atoms with E-state index in [9.17, 15) is 22.8 Å². The first-order valence-corrected chi connectivity index (χ1v) is 10.9. The number of halogens is 3. The average molecular weight is 473 g/mol. The van der Waals surface area contributed by atoms with Crippen LogP contribution in [0.2, 0.25) is 0 Å². The molecule has 0 fully saturated rings. The van der Waals surface area contributed by atoms with Gasteiger partial charge in [-0.25, -0.2) is 4.79 Å². The summed E-state index contributed by atoms with van der Waals surface area (Å²) in [5.74, 6) is -1.25. The van der Waals surface area contributed by atoms with Gasteiger partial charge >= 0.3 is 12.1 Å². The van der Waals surface area contributed by atoms with Crippen LogP contribution in [0.25, 0.3) is 10.8 Å². The number of anilines is 1. The van der Waals surface area contributed by atoms with Crippen molar-refractivity contribution in [3.63, 3.8) is 0 Å². The second-order valence-corrected chi connectivity index (χ2v) is 8.37. The maximum absolute atomic E-state index is 13.1. The van der Waals surface area contributed by atoms with Gasteiger partial charge in [0.15, 0.2) is 0 Å². The number of nitrogens with one attached hydrogen (secondary N) is 2. The number of fused-ring (bicyclic) bond motifs is 1. The predicted molar refractivity (Wildman–Crippen MR) is 125 cm³/mol. The lowest BCUT2D eigenvalue weighted by atomic mass is 9.97. The van der Waals surface area contributed by atoms with Crippen molar-refractivity contribution < 1.29 is 27.5 Å². The van der Waals surface area contributed by atoms with Crippen molar-refractivity contribution in [1.82, 2.24) is 5.32 Å². The summed E-state index contributed by atoms with van der Waals surface area (Å²) in [6.07, 6.45) is -4.21. The molecule has 8 heteroatoms. The van der Waals surface area contributed by atoms with E-state index in [1.165, 1.54) is 19.2 Å². The average Bonchev–Trinajstić information content (AvgIpc) is 2.81. The minimum Gasteiger partial charge on any atom is -0.467 e. The molecule has 34 heavy (non-hydrogen) atoms. The Labute approximate surface area is 196 Å². The van der Waals surface area contributed by atoms with Crippen LogP contribution in [0.3, 0.4) is 0 Å².